The molecule has 2 heterocycles. The molecule has 0 fully saturated rings. The average molecular weight is 280 g/mol. The number of aromatic nitrogens is 1. The van der Waals surface area contributed by atoms with Crippen LogP contribution in [0, 0.1) is 0 Å². The van der Waals surface area contributed by atoms with Crippen LogP contribution in [0.3, 0.4) is 0 Å². The molecule has 1 atom stereocenters. The molecule has 0 aliphatic carbocycles. The standard InChI is InChI=1S/C18H20N2O/c1-4-8-15-17-14(11-12-16(19-17)21-3)18(2,20-15)13-9-6-5-7-10-13/h5-7,9-12H,4,8H2,1-3H3. The molecule has 1 aromatic carbocycles. The number of ether oxygens (including phenoxy) is 1. The Labute approximate surface area is 125 Å². The molecule has 0 bridgehead atoms. The van der Waals surface area contributed by atoms with Crippen LogP contribution < -0.4 is 4.74 Å². The highest BCUT2D eigenvalue weighted by molar-refractivity contribution is 6.03. The van der Waals surface area contributed by atoms with Gasteiger partial charge in [0.25, 0.3) is 0 Å². The van der Waals surface area contributed by atoms with Crippen molar-refractivity contribution in [3.8, 4) is 5.88 Å². The molecule has 1 aliphatic heterocycles. The first-order chi connectivity index (χ1) is 10.2. The van der Waals surface area contributed by atoms with Gasteiger partial charge in [-0.3, -0.25) is 4.99 Å². The van der Waals surface area contributed by atoms with E-state index in [0.717, 1.165) is 29.8 Å². The third-order valence-electron chi connectivity index (χ3n) is 4.06. The minimum Gasteiger partial charge on any atom is -0.481 e. The lowest BCUT2D eigenvalue weighted by molar-refractivity contribution is 0.397. The Hall–Kier alpha value is -2.16. The van der Waals surface area contributed by atoms with Crippen molar-refractivity contribution >= 4 is 5.71 Å². The zero-order valence-electron chi connectivity index (χ0n) is 12.8. The van der Waals surface area contributed by atoms with E-state index in [2.05, 4.69) is 49.2 Å². The number of aliphatic imine (C=N–C) groups is 1. The molecular weight excluding hydrogens is 260 g/mol. The summed E-state index contributed by atoms with van der Waals surface area (Å²) in [5, 5.41) is 0. The van der Waals surface area contributed by atoms with Crippen LogP contribution in [0.15, 0.2) is 47.5 Å². The van der Waals surface area contributed by atoms with Crippen molar-refractivity contribution in [1.82, 2.24) is 4.98 Å². The topological polar surface area (TPSA) is 34.5 Å². The number of rotatable bonds is 4. The highest BCUT2D eigenvalue weighted by atomic mass is 16.5. The van der Waals surface area contributed by atoms with Gasteiger partial charge in [0, 0.05) is 11.6 Å². The van der Waals surface area contributed by atoms with E-state index in [9.17, 15) is 0 Å². The third kappa shape index (κ3) is 2.23. The Balaban J connectivity index is 2.17. The maximum atomic E-state index is 5.27. The molecule has 108 valence electrons. The molecule has 21 heavy (non-hydrogen) atoms. The second kappa shape index (κ2) is 5.32. The quantitative estimate of drug-likeness (QED) is 0.849. The second-order valence-electron chi connectivity index (χ2n) is 5.50. The van der Waals surface area contributed by atoms with Gasteiger partial charge >= 0.3 is 0 Å². The minimum absolute atomic E-state index is 0.347. The Kier molecular flexibility index (Phi) is 3.50. The maximum Gasteiger partial charge on any atom is 0.213 e. The number of methoxy groups -OCH3 is 1. The van der Waals surface area contributed by atoms with Gasteiger partial charge in [0.1, 0.15) is 5.54 Å². The predicted molar refractivity (Wildman–Crippen MR) is 85.1 cm³/mol. The first-order valence-electron chi connectivity index (χ1n) is 7.39. The van der Waals surface area contributed by atoms with Crippen molar-refractivity contribution in [3.63, 3.8) is 0 Å². The van der Waals surface area contributed by atoms with Crippen LogP contribution in [0.25, 0.3) is 0 Å². The zero-order valence-corrected chi connectivity index (χ0v) is 12.8. The number of pyridine rings is 1. The SMILES string of the molecule is CCCC1=NC(C)(c2ccccc2)c2ccc(OC)nc21. The number of fused-ring (bicyclic) bond motifs is 1. The maximum absolute atomic E-state index is 5.27. The number of benzene rings is 1. The van der Waals surface area contributed by atoms with E-state index < -0.39 is 0 Å². The van der Waals surface area contributed by atoms with Gasteiger partial charge in [0.05, 0.1) is 18.5 Å². The lowest BCUT2D eigenvalue weighted by Crippen LogP contribution is -2.18. The van der Waals surface area contributed by atoms with Crippen LogP contribution in [-0.4, -0.2) is 17.8 Å². The molecule has 1 aromatic heterocycles. The van der Waals surface area contributed by atoms with Crippen molar-refractivity contribution in [1.29, 1.82) is 0 Å². The van der Waals surface area contributed by atoms with Gasteiger partial charge in [-0.25, -0.2) is 4.98 Å². The van der Waals surface area contributed by atoms with Gasteiger partial charge in [-0.2, -0.15) is 0 Å². The molecule has 1 aliphatic rings. The molecule has 0 spiro atoms. The van der Waals surface area contributed by atoms with E-state index in [1.807, 2.05) is 12.1 Å². The number of nitrogens with zero attached hydrogens (tertiary/aromatic N) is 2. The number of hydrogen-bond acceptors (Lipinski definition) is 3. The van der Waals surface area contributed by atoms with Crippen LogP contribution in [-0.2, 0) is 5.54 Å². The summed E-state index contributed by atoms with van der Waals surface area (Å²) in [7, 11) is 1.65. The van der Waals surface area contributed by atoms with Gasteiger partial charge in [0.15, 0.2) is 0 Å². The molecule has 0 saturated carbocycles. The van der Waals surface area contributed by atoms with Crippen molar-refractivity contribution in [2.24, 2.45) is 4.99 Å². The Morgan fingerprint density at radius 1 is 1.10 bits per heavy atom. The first-order valence-corrected chi connectivity index (χ1v) is 7.39. The molecular formula is C18H20N2O. The van der Waals surface area contributed by atoms with Gasteiger partial charge in [-0.15, -0.1) is 0 Å². The molecule has 3 rings (SSSR count). The lowest BCUT2D eigenvalue weighted by atomic mass is 9.86. The van der Waals surface area contributed by atoms with Crippen molar-refractivity contribution in [2.45, 2.75) is 32.2 Å². The molecule has 0 amide bonds. The van der Waals surface area contributed by atoms with E-state index in [0.29, 0.717) is 5.88 Å². The van der Waals surface area contributed by atoms with E-state index in [1.54, 1.807) is 7.11 Å². The smallest absolute Gasteiger partial charge is 0.213 e. The molecule has 0 N–H and O–H groups in total. The highest BCUT2D eigenvalue weighted by Gasteiger charge is 2.38. The van der Waals surface area contributed by atoms with E-state index in [4.69, 9.17) is 9.73 Å². The summed E-state index contributed by atoms with van der Waals surface area (Å²) in [6.45, 7) is 4.33. The summed E-state index contributed by atoms with van der Waals surface area (Å²) in [6.07, 6.45) is 2.00. The van der Waals surface area contributed by atoms with Crippen molar-refractivity contribution in [3.05, 3.63) is 59.3 Å². The molecule has 3 nitrogen and oxygen atoms in total. The molecule has 3 heteroatoms. The van der Waals surface area contributed by atoms with Gasteiger partial charge in [-0.05, 0) is 25.0 Å². The van der Waals surface area contributed by atoms with Crippen LogP contribution in [0.4, 0.5) is 0 Å². The second-order valence-corrected chi connectivity index (χ2v) is 5.50. The number of hydrogen-bond donors (Lipinski definition) is 0. The third-order valence-corrected chi connectivity index (χ3v) is 4.06. The van der Waals surface area contributed by atoms with Crippen LogP contribution in [0.2, 0.25) is 0 Å². The first kappa shape index (κ1) is 13.8. The fourth-order valence-electron chi connectivity index (χ4n) is 2.94. The Bertz CT molecular complexity index is 679. The van der Waals surface area contributed by atoms with E-state index in [-0.39, 0.29) is 5.54 Å². The summed E-state index contributed by atoms with van der Waals surface area (Å²) >= 11 is 0. The predicted octanol–water partition coefficient (Wildman–Crippen LogP) is 3.96. The normalized spacial score (nSPS) is 20.0. The highest BCUT2D eigenvalue weighted by Crippen LogP contribution is 2.41. The fourth-order valence-corrected chi connectivity index (χ4v) is 2.94. The van der Waals surface area contributed by atoms with Crippen molar-refractivity contribution in [2.75, 3.05) is 7.11 Å². The fraction of sp³-hybridized carbons (Fsp3) is 0.333. The summed E-state index contributed by atoms with van der Waals surface area (Å²) in [4.78, 5) is 9.66. The molecule has 1 unspecified atom stereocenters. The van der Waals surface area contributed by atoms with Crippen LogP contribution in [0.1, 0.15) is 43.5 Å². The van der Waals surface area contributed by atoms with Gasteiger partial charge in [0.2, 0.25) is 5.88 Å². The van der Waals surface area contributed by atoms with Gasteiger partial charge in [-0.1, -0.05) is 43.7 Å². The zero-order chi connectivity index (χ0) is 14.9. The van der Waals surface area contributed by atoms with Crippen molar-refractivity contribution < 1.29 is 4.74 Å². The summed E-state index contributed by atoms with van der Waals surface area (Å²) in [5.74, 6) is 0.648. The molecule has 0 saturated heterocycles. The minimum atomic E-state index is -0.347. The molecule has 2 aromatic rings. The average Bonchev–Trinajstić information content (AvgIpc) is 2.82. The summed E-state index contributed by atoms with van der Waals surface area (Å²) in [6, 6.07) is 14.4. The van der Waals surface area contributed by atoms with E-state index >= 15 is 0 Å². The van der Waals surface area contributed by atoms with Crippen LogP contribution >= 0.6 is 0 Å². The van der Waals surface area contributed by atoms with Gasteiger partial charge < -0.3 is 4.74 Å². The summed E-state index contributed by atoms with van der Waals surface area (Å²) in [5.41, 5.74) is 4.09. The summed E-state index contributed by atoms with van der Waals surface area (Å²) < 4.78 is 5.27. The monoisotopic (exact) mass is 280 g/mol. The molecule has 0 radical (unpaired) electrons. The van der Waals surface area contributed by atoms with E-state index in [1.165, 1.54) is 5.56 Å². The largest absolute Gasteiger partial charge is 0.481 e. The van der Waals surface area contributed by atoms with Crippen LogP contribution in [0.5, 0.6) is 5.88 Å². The Morgan fingerprint density at radius 2 is 1.86 bits per heavy atom. The Morgan fingerprint density at radius 3 is 2.52 bits per heavy atom. The lowest BCUT2D eigenvalue weighted by Gasteiger charge is -2.23.